The van der Waals surface area contributed by atoms with Crippen molar-refractivity contribution in [3.8, 4) is 23.4 Å². The van der Waals surface area contributed by atoms with Crippen molar-refractivity contribution in [3.63, 3.8) is 0 Å². The zero-order valence-electron chi connectivity index (χ0n) is 13.1. The van der Waals surface area contributed by atoms with Gasteiger partial charge in [0.05, 0.1) is 30.9 Å². The molecule has 0 atom stereocenters. The predicted molar refractivity (Wildman–Crippen MR) is 88.3 cm³/mol. The number of halogens is 1. The lowest BCUT2D eigenvalue weighted by Crippen LogP contribution is -2.21. The van der Waals surface area contributed by atoms with Crippen LogP contribution in [0.1, 0.15) is 11.5 Å². The monoisotopic (exact) mass is 349 g/mol. The van der Waals surface area contributed by atoms with E-state index in [0.29, 0.717) is 16.7 Å². The van der Waals surface area contributed by atoms with Crippen molar-refractivity contribution < 1.29 is 9.47 Å². The van der Waals surface area contributed by atoms with Gasteiger partial charge >= 0.3 is 6.01 Å². The van der Waals surface area contributed by atoms with Gasteiger partial charge in [-0.1, -0.05) is 11.6 Å². The summed E-state index contributed by atoms with van der Waals surface area (Å²) < 4.78 is 10.3. The summed E-state index contributed by atoms with van der Waals surface area (Å²) in [6, 6.07) is 2.08. The van der Waals surface area contributed by atoms with Crippen LogP contribution in [-0.2, 0) is 0 Å². The fourth-order valence-corrected chi connectivity index (χ4v) is 3.17. The molecular formula is C14H16ClN7O2. The highest BCUT2D eigenvalue weighted by molar-refractivity contribution is 6.32. The summed E-state index contributed by atoms with van der Waals surface area (Å²) in [6.07, 6.45) is 0. The Labute approximate surface area is 142 Å². The van der Waals surface area contributed by atoms with E-state index in [9.17, 15) is 0 Å². The van der Waals surface area contributed by atoms with E-state index in [1.54, 1.807) is 13.2 Å². The van der Waals surface area contributed by atoms with Crippen molar-refractivity contribution in [3.05, 3.63) is 16.7 Å². The number of aromatic amines is 2. The summed E-state index contributed by atoms with van der Waals surface area (Å²) in [6.45, 7) is 1.55. The molecule has 126 valence electrons. The molecule has 0 aliphatic carbocycles. The summed E-state index contributed by atoms with van der Waals surface area (Å²) in [5.41, 5.74) is 9.73. The Hall–Kier alpha value is -2.36. The van der Waals surface area contributed by atoms with Gasteiger partial charge < -0.3 is 14.5 Å². The van der Waals surface area contributed by atoms with E-state index in [1.165, 1.54) is 7.11 Å². The third kappa shape index (κ3) is 2.37. The highest BCUT2D eigenvalue weighted by atomic mass is 35.5. The Morgan fingerprint density at radius 3 is 2.62 bits per heavy atom. The average Bonchev–Trinajstić information content (AvgIpc) is 3.31. The first kappa shape index (κ1) is 15.2. The first-order chi connectivity index (χ1) is 11.7. The fraction of sp³-hybridized carbons (Fsp3) is 0.357. The third-order valence-corrected chi connectivity index (χ3v) is 4.31. The molecule has 0 bridgehead atoms. The number of rotatable bonds is 4. The van der Waals surface area contributed by atoms with Crippen LogP contribution in [0, 0.1) is 0 Å². The maximum absolute atomic E-state index is 6.21. The van der Waals surface area contributed by atoms with E-state index >= 15 is 0 Å². The predicted octanol–water partition coefficient (Wildman–Crippen LogP) is 1.21. The van der Waals surface area contributed by atoms with E-state index in [4.69, 9.17) is 21.1 Å². The lowest BCUT2D eigenvalue weighted by Gasteiger charge is -2.09. The van der Waals surface area contributed by atoms with Crippen LogP contribution in [0.4, 0.5) is 0 Å². The molecule has 9 nitrogen and oxygen atoms in total. The molecule has 0 amide bonds. The van der Waals surface area contributed by atoms with Crippen LogP contribution >= 0.6 is 11.6 Å². The number of ether oxygens (including phenoxy) is 2. The van der Waals surface area contributed by atoms with Gasteiger partial charge in [0.1, 0.15) is 5.02 Å². The van der Waals surface area contributed by atoms with Crippen molar-refractivity contribution in [1.82, 2.24) is 36.0 Å². The average molecular weight is 350 g/mol. The molecule has 4 rings (SSSR count). The maximum atomic E-state index is 6.21. The number of pyridine rings is 1. The van der Waals surface area contributed by atoms with Crippen molar-refractivity contribution in [2.24, 2.45) is 0 Å². The molecule has 3 aromatic heterocycles. The van der Waals surface area contributed by atoms with Gasteiger partial charge in [-0.15, -0.1) is 5.10 Å². The van der Waals surface area contributed by atoms with Crippen molar-refractivity contribution in [1.29, 1.82) is 0 Å². The lowest BCUT2D eigenvalue weighted by atomic mass is 9.98. The smallest absolute Gasteiger partial charge is 0.335 e. The minimum atomic E-state index is 0.211. The topological polar surface area (TPSA) is 113 Å². The Kier molecular flexibility index (Phi) is 3.75. The molecular weight excluding hydrogens is 334 g/mol. The van der Waals surface area contributed by atoms with Gasteiger partial charge in [-0.05, 0) is 6.07 Å². The quantitative estimate of drug-likeness (QED) is 0.560. The second-order valence-corrected chi connectivity index (χ2v) is 5.83. The van der Waals surface area contributed by atoms with Gasteiger partial charge in [0.15, 0.2) is 5.82 Å². The number of nitrogens with one attached hydrogen (secondary N) is 4. The number of aromatic nitrogens is 5. The summed E-state index contributed by atoms with van der Waals surface area (Å²) in [4.78, 5) is 12.3. The number of H-pyrrole nitrogens is 2. The number of hydrogen-bond donors (Lipinski definition) is 4. The summed E-state index contributed by atoms with van der Waals surface area (Å²) in [5, 5.41) is 7.36. The van der Waals surface area contributed by atoms with Crippen LogP contribution in [0.25, 0.3) is 22.6 Å². The summed E-state index contributed by atoms with van der Waals surface area (Å²) in [7, 11) is 3.07. The van der Waals surface area contributed by atoms with E-state index in [0.717, 1.165) is 35.4 Å². The van der Waals surface area contributed by atoms with Crippen molar-refractivity contribution in [2.45, 2.75) is 5.92 Å². The van der Waals surface area contributed by atoms with Crippen LogP contribution in [0.5, 0.6) is 11.9 Å². The zero-order chi connectivity index (χ0) is 16.7. The lowest BCUT2D eigenvalue weighted by molar-refractivity contribution is 0.382. The summed E-state index contributed by atoms with van der Waals surface area (Å²) in [5.74, 6) is 1.19. The highest BCUT2D eigenvalue weighted by Gasteiger charge is 2.28. The number of methoxy groups -OCH3 is 2. The van der Waals surface area contributed by atoms with Crippen molar-refractivity contribution in [2.75, 3.05) is 27.3 Å². The summed E-state index contributed by atoms with van der Waals surface area (Å²) >= 11 is 6.21. The Morgan fingerprint density at radius 2 is 1.96 bits per heavy atom. The van der Waals surface area contributed by atoms with Crippen LogP contribution in [0.15, 0.2) is 6.07 Å². The largest absolute Gasteiger partial charge is 0.480 e. The SMILES string of the molecule is COc1n[nH]c(-c2[nH]c3cc(Cl)c(OC)nc3c2C2CNNC2)n1. The number of fused-ring (bicyclic) bond motifs is 1. The molecule has 3 aromatic rings. The molecule has 0 spiro atoms. The van der Waals surface area contributed by atoms with E-state index in [2.05, 4.69) is 36.0 Å². The number of hydrogen-bond acceptors (Lipinski definition) is 7. The molecule has 10 heteroatoms. The first-order valence-electron chi connectivity index (χ1n) is 7.39. The third-order valence-electron chi connectivity index (χ3n) is 4.04. The zero-order valence-corrected chi connectivity index (χ0v) is 13.9. The number of nitrogens with zero attached hydrogens (tertiary/aromatic N) is 3. The van der Waals surface area contributed by atoms with Crippen LogP contribution in [0.2, 0.25) is 5.02 Å². The Balaban J connectivity index is 1.95. The second-order valence-electron chi connectivity index (χ2n) is 5.42. The molecule has 0 aromatic carbocycles. The molecule has 4 heterocycles. The second kappa shape index (κ2) is 5.93. The Bertz CT molecular complexity index is 885. The molecule has 4 N–H and O–H groups in total. The molecule has 1 saturated heterocycles. The van der Waals surface area contributed by atoms with Crippen molar-refractivity contribution >= 4 is 22.6 Å². The molecule has 1 aliphatic heterocycles. The minimum Gasteiger partial charge on any atom is -0.480 e. The van der Waals surface area contributed by atoms with E-state index < -0.39 is 0 Å². The minimum absolute atomic E-state index is 0.211. The van der Waals surface area contributed by atoms with E-state index in [1.807, 2.05) is 0 Å². The number of hydrazine groups is 1. The highest BCUT2D eigenvalue weighted by Crippen LogP contribution is 2.37. The van der Waals surface area contributed by atoms with Gasteiger partial charge in [0.2, 0.25) is 5.88 Å². The van der Waals surface area contributed by atoms with Crippen LogP contribution in [-0.4, -0.2) is 52.5 Å². The maximum Gasteiger partial charge on any atom is 0.335 e. The molecule has 0 saturated carbocycles. The standard InChI is InChI=1S/C14H16ClN7O2/c1-23-13-7(15)3-8-10(19-13)9(6-4-16-17-5-6)11(18-8)12-20-14(24-2)22-21-12/h3,6,16-18H,4-5H2,1-2H3,(H,20,21,22). The Morgan fingerprint density at radius 1 is 1.17 bits per heavy atom. The van der Waals surface area contributed by atoms with Crippen LogP contribution < -0.4 is 20.3 Å². The molecule has 24 heavy (non-hydrogen) atoms. The van der Waals surface area contributed by atoms with Gasteiger partial charge in [0.25, 0.3) is 0 Å². The molecule has 0 unspecified atom stereocenters. The fourth-order valence-electron chi connectivity index (χ4n) is 2.94. The van der Waals surface area contributed by atoms with Gasteiger partial charge in [0, 0.05) is 24.6 Å². The van der Waals surface area contributed by atoms with Gasteiger partial charge in [-0.2, -0.15) is 4.98 Å². The van der Waals surface area contributed by atoms with Gasteiger partial charge in [-0.25, -0.2) is 4.98 Å². The van der Waals surface area contributed by atoms with Gasteiger partial charge in [-0.3, -0.25) is 16.0 Å². The first-order valence-corrected chi connectivity index (χ1v) is 7.77. The van der Waals surface area contributed by atoms with E-state index in [-0.39, 0.29) is 11.9 Å². The molecule has 0 radical (unpaired) electrons. The molecule has 1 fully saturated rings. The normalized spacial score (nSPS) is 15.3. The molecule has 1 aliphatic rings. The van der Waals surface area contributed by atoms with Crippen LogP contribution in [0.3, 0.4) is 0 Å².